The van der Waals surface area contributed by atoms with Crippen molar-refractivity contribution in [3.8, 4) is 0 Å². The van der Waals surface area contributed by atoms with Crippen LogP contribution >= 0.6 is 0 Å². The van der Waals surface area contributed by atoms with E-state index in [1.54, 1.807) is 6.20 Å². The summed E-state index contributed by atoms with van der Waals surface area (Å²) in [6, 6.07) is 2.48. The topological polar surface area (TPSA) is 67.1 Å². The molecule has 1 fully saturated rings. The van der Waals surface area contributed by atoms with Crippen molar-refractivity contribution in [1.82, 2.24) is 9.97 Å². The minimum atomic E-state index is 0.475. The van der Waals surface area contributed by atoms with Gasteiger partial charge in [-0.05, 0) is 31.7 Å². The average Bonchev–Trinajstić information content (AvgIpc) is 2.32. The van der Waals surface area contributed by atoms with Gasteiger partial charge in [0.1, 0.15) is 5.82 Å². The van der Waals surface area contributed by atoms with Crippen LogP contribution in [-0.2, 0) is 0 Å². The normalized spacial score (nSPS) is 25.6. The molecule has 5 heteroatoms. The highest BCUT2D eigenvalue weighted by Gasteiger charge is 2.23. The molecule has 1 aliphatic rings. The van der Waals surface area contributed by atoms with Crippen molar-refractivity contribution in [2.75, 3.05) is 16.9 Å². The van der Waals surface area contributed by atoms with Crippen LogP contribution in [0.1, 0.15) is 26.7 Å². The smallest absolute Gasteiger partial charge is 0.239 e. The molecule has 3 N–H and O–H groups in total. The van der Waals surface area contributed by atoms with Gasteiger partial charge in [-0.2, -0.15) is 4.98 Å². The number of hydrogen-bond donors (Lipinski definition) is 2. The predicted octanol–water partition coefficient (Wildman–Crippen LogP) is 1.39. The van der Waals surface area contributed by atoms with Crippen molar-refractivity contribution in [2.45, 2.75) is 32.7 Å². The zero-order chi connectivity index (χ0) is 11.5. The molecule has 0 aromatic carbocycles. The number of nitrogens with one attached hydrogen (secondary N) is 1. The maximum absolute atomic E-state index is 5.32. The van der Waals surface area contributed by atoms with Crippen LogP contribution in [0.25, 0.3) is 0 Å². The van der Waals surface area contributed by atoms with Gasteiger partial charge in [-0.3, -0.25) is 5.43 Å². The van der Waals surface area contributed by atoms with Crippen molar-refractivity contribution < 1.29 is 0 Å². The van der Waals surface area contributed by atoms with Gasteiger partial charge in [-0.15, -0.1) is 0 Å². The lowest BCUT2D eigenvalue weighted by atomic mass is 9.95. The van der Waals surface area contributed by atoms with Crippen LogP contribution < -0.4 is 16.2 Å². The van der Waals surface area contributed by atoms with Gasteiger partial charge in [0.15, 0.2) is 0 Å². The Morgan fingerprint density at radius 2 is 2.25 bits per heavy atom. The van der Waals surface area contributed by atoms with E-state index < -0.39 is 0 Å². The summed E-state index contributed by atoms with van der Waals surface area (Å²) in [5.74, 6) is 7.47. The number of nitrogens with zero attached hydrogens (tertiary/aromatic N) is 3. The molecule has 2 heterocycles. The Balaban J connectivity index is 2.20. The molecule has 2 rings (SSSR count). The minimum Gasteiger partial charge on any atom is -0.353 e. The van der Waals surface area contributed by atoms with Crippen LogP contribution in [-0.4, -0.2) is 22.6 Å². The Labute approximate surface area is 96.0 Å². The zero-order valence-corrected chi connectivity index (χ0v) is 9.85. The van der Waals surface area contributed by atoms with E-state index in [2.05, 4.69) is 34.1 Å². The Hall–Kier alpha value is -1.36. The molecule has 2 unspecified atom stereocenters. The summed E-state index contributed by atoms with van der Waals surface area (Å²) in [6.45, 7) is 5.58. The highest BCUT2D eigenvalue weighted by Crippen LogP contribution is 2.26. The molecular formula is C11H19N5. The second kappa shape index (κ2) is 4.65. The van der Waals surface area contributed by atoms with E-state index >= 15 is 0 Å². The first kappa shape index (κ1) is 11.1. The molecule has 0 bridgehead atoms. The van der Waals surface area contributed by atoms with Crippen LogP contribution in [0.2, 0.25) is 0 Å². The number of hydrogen-bond acceptors (Lipinski definition) is 5. The Kier molecular flexibility index (Phi) is 3.24. The number of anilines is 2. The second-order valence-corrected chi connectivity index (χ2v) is 4.57. The van der Waals surface area contributed by atoms with Crippen LogP contribution in [0.15, 0.2) is 12.3 Å². The first-order valence-electron chi connectivity index (χ1n) is 5.77. The van der Waals surface area contributed by atoms with Gasteiger partial charge in [0.2, 0.25) is 5.95 Å². The molecule has 1 saturated heterocycles. The lowest BCUT2D eigenvalue weighted by Gasteiger charge is -2.37. The van der Waals surface area contributed by atoms with Gasteiger partial charge in [-0.25, -0.2) is 10.8 Å². The van der Waals surface area contributed by atoms with Crippen molar-refractivity contribution in [2.24, 2.45) is 11.8 Å². The van der Waals surface area contributed by atoms with Crippen molar-refractivity contribution in [1.29, 1.82) is 0 Å². The third-order valence-corrected chi connectivity index (χ3v) is 3.18. The third-order valence-electron chi connectivity index (χ3n) is 3.18. The summed E-state index contributed by atoms with van der Waals surface area (Å²) in [5, 5.41) is 0. The Bertz CT molecular complexity index is 354. The van der Waals surface area contributed by atoms with Crippen LogP contribution in [0, 0.1) is 5.92 Å². The van der Waals surface area contributed by atoms with Gasteiger partial charge in [0.25, 0.3) is 0 Å². The summed E-state index contributed by atoms with van der Waals surface area (Å²) >= 11 is 0. The SMILES string of the molecule is CC1CCC(C)N(c2ccnc(NN)n2)C1. The van der Waals surface area contributed by atoms with Crippen LogP contribution in [0.4, 0.5) is 11.8 Å². The highest BCUT2D eigenvalue weighted by molar-refractivity contribution is 5.43. The van der Waals surface area contributed by atoms with Gasteiger partial charge in [0, 0.05) is 18.8 Å². The average molecular weight is 221 g/mol. The first-order valence-corrected chi connectivity index (χ1v) is 5.77. The number of rotatable bonds is 2. The van der Waals surface area contributed by atoms with Gasteiger partial charge >= 0.3 is 0 Å². The fourth-order valence-electron chi connectivity index (χ4n) is 2.19. The van der Waals surface area contributed by atoms with E-state index in [9.17, 15) is 0 Å². The summed E-state index contributed by atoms with van der Waals surface area (Å²) in [4.78, 5) is 10.7. The molecule has 0 aliphatic carbocycles. The molecule has 88 valence electrons. The molecule has 1 aromatic heterocycles. The summed E-state index contributed by atoms with van der Waals surface area (Å²) in [5.41, 5.74) is 2.48. The maximum Gasteiger partial charge on any atom is 0.239 e. The molecule has 5 nitrogen and oxygen atoms in total. The minimum absolute atomic E-state index is 0.475. The summed E-state index contributed by atoms with van der Waals surface area (Å²) in [7, 11) is 0. The van der Waals surface area contributed by atoms with Crippen molar-refractivity contribution in [3.05, 3.63) is 12.3 Å². The van der Waals surface area contributed by atoms with Gasteiger partial charge in [0.05, 0.1) is 0 Å². The zero-order valence-electron chi connectivity index (χ0n) is 9.85. The molecule has 1 aliphatic heterocycles. The number of aromatic nitrogens is 2. The van der Waals surface area contributed by atoms with Crippen molar-refractivity contribution in [3.63, 3.8) is 0 Å². The molecule has 1 aromatic rings. The van der Waals surface area contributed by atoms with E-state index in [1.807, 2.05) is 6.07 Å². The van der Waals surface area contributed by atoms with Crippen LogP contribution in [0.3, 0.4) is 0 Å². The standard InChI is InChI=1S/C11H19N5/c1-8-3-4-9(2)16(7-8)10-5-6-13-11(14-10)15-12/h5-6,8-9H,3-4,7,12H2,1-2H3,(H,13,14,15). The van der Waals surface area contributed by atoms with Gasteiger partial charge < -0.3 is 4.90 Å². The fraction of sp³-hybridized carbons (Fsp3) is 0.636. The fourth-order valence-corrected chi connectivity index (χ4v) is 2.19. The second-order valence-electron chi connectivity index (χ2n) is 4.57. The van der Waals surface area contributed by atoms with Gasteiger partial charge in [-0.1, -0.05) is 6.92 Å². The Morgan fingerprint density at radius 1 is 1.44 bits per heavy atom. The molecule has 0 radical (unpaired) electrons. The Morgan fingerprint density at radius 3 is 3.00 bits per heavy atom. The molecule has 16 heavy (non-hydrogen) atoms. The number of nitrogen functional groups attached to an aromatic ring is 1. The monoisotopic (exact) mass is 221 g/mol. The number of hydrazine groups is 1. The lowest BCUT2D eigenvalue weighted by molar-refractivity contribution is 0.388. The van der Waals surface area contributed by atoms with E-state index in [4.69, 9.17) is 5.84 Å². The predicted molar refractivity (Wildman–Crippen MR) is 65.0 cm³/mol. The van der Waals surface area contributed by atoms with E-state index in [1.165, 1.54) is 12.8 Å². The van der Waals surface area contributed by atoms with E-state index in [-0.39, 0.29) is 0 Å². The lowest BCUT2D eigenvalue weighted by Crippen LogP contribution is -2.41. The first-order chi connectivity index (χ1) is 7.70. The summed E-state index contributed by atoms with van der Waals surface area (Å²) in [6.07, 6.45) is 4.25. The van der Waals surface area contributed by atoms with E-state index in [0.717, 1.165) is 18.3 Å². The molecule has 0 saturated carbocycles. The van der Waals surface area contributed by atoms with Crippen molar-refractivity contribution >= 4 is 11.8 Å². The largest absolute Gasteiger partial charge is 0.353 e. The third kappa shape index (κ3) is 2.24. The quantitative estimate of drug-likeness (QED) is 0.583. The summed E-state index contributed by atoms with van der Waals surface area (Å²) < 4.78 is 0. The highest BCUT2D eigenvalue weighted by atomic mass is 15.3. The van der Waals surface area contributed by atoms with E-state index in [0.29, 0.717) is 12.0 Å². The molecule has 0 spiro atoms. The number of nitrogens with two attached hydrogens (primary N) is 1. The molecule has 0 amide bonds. The van der Waals surface area contributed by atoms with Crippen LogP contribution in [0.5, 0.6) is 0 Å². The molecular weight excluding hydrogens is 202 g/mol. The number of piperidine rings is 1. The maximum atomic E-state index is 5.32. The molecule has 2 atom stereocenters.